The van der Waals surface area contributed by atoms with Gasteiger partial charge >= 0.3 is 5.97 Å². The fourth-order valence-corrected chi connectivity index (χ4v) is 6.11. The third kappa shape index (κ3) is 2.34. The summed E-state index contributed by atoms with van der Waals surface area (Å²) in [7, 11) is 1.55. The Balaban J connectivity index is 1.52. The van der Waals surface area contributed by atoms with Gasteiger partial charge in [0.15, 0.2) is 0 Å². The first-order valence-corrected chi connectivity index (χ1v) is 10.1. The van der Waals surface area contributed by atoms with Crippen LogP contribution in [-0.4, -0.2) is 36.1 Å². The molecule has 3 heterocycles. The average molecular weight is 352 g/mol. The van der Waals surface area contributed by atoms with Crippen molar-refractivity contribution in [2.24, 2.45) is 23.7 Å². The van der Waals surface area contributed by atoms with Crippen LogP contribution in [0.3, 0.4) is 0 Å². The van der Waals surface area contributed by atoms with E-state index in [2.05, 4.69) is 41.1 Å². The predicted octanol–water partition coefficient (Wildman–Crippen LogP) is 3.92. The number of carbonyl (C=O) groups excluding carboxylic acids is 1. The Morgan fingerprint density at radius 1 is 1.27 bits per heavy atom. The molecule has 1 N–H and O–H groups in total. The zero-order valence-corrected chi connectivity index (χ0v) is 15.7. The van der Waals surface area contributed by atoms with Crippen molar-refractivity contribution in [3.8, 4) is 0 Å². The minimum atomic E-state index is 0.00771. The van der Waals surface area contributed by atoms with Crippen LogP contribution in [0.5, 0.6) is 0 Å². The van der Waals surface area contributed by atoms with Crippen LogP contribution in [0.25, 0.3) is 10.9 Å². The Morgan fingerprint density at radius 2 is 2.12 bits per heavy atom. The molecule has 2 aliphatic heterocycles. The van der Waals surface area contributed by atoms with E-state index in [0.717, 1.165) is 32.4 Å². The molecule has 4 heteroatoms. The number of carbonyl (C=O) groups is 1. The third-order valence-electron chi connectivity index (χ3n) is 7.38. The number of hydrogen-bond acceptors (Lipinski definition) is 3. The molecule has 1 aromatic carbocycles. The van der Waals surface area contributed by atoms with Gasteiger partial charge in [-0.1, -0.05) is 25.1 Å². The van der Waals surface area contributed by atoms with Gasteiger partial charge in [-0.2, -0.15) is 0 Å². The molecule has 138 valence electrons. The molecule has 4 nitrogen and oxygen atoms in total. The molecule has 0 spiro atoms. The second kappa shape index (κ2) is 6.12. The lowest BCUT2D eigenvalue weighted by atomic mass is 9.62. The first-order valence-electron chi connectivity index (χ1n) is 10.1. The van der Waals surface area contributed by atoms with Crippen molar-refractivity contribution in [2.75, 3.05) is 20.2 Å². The molecule has 1 aromatic heterocycles. The number of hydrogen-bond donors (Lipinski definition) is 1. The zero-order chi connectivity index (χ0) is 17.8. The summed E-state index contributed by atoms with van der Waals surface area (Å²) in [5.74, 6) is 1.59. The number of nitrogens with one attached hydrogen (secondary N) is 1. The van der Waals surface area contributed by atoms with E-state index in [1.807, 2.05) is 0 Å². The summed E-state index contributed by atoms with van der Waals surface area (Å²) in [5.41, 5.74) is 4.15. The van der Waals surface area contributed by atoms with Crippen LogP contribution in [0.4, 0.5) is 0 Å². The lowest BCUT2D eigenvalue weighted by Gasteiger charge is -2.51. The number of piperidine rings is 1. The minimum absolute atomic E-state index is 0.00771. The minimum Gasteiger partial charge on any atom is -0.469 e. The van der Waals surface area contributed by atoms with Crippen molar-refractivity contribution in [3.63, 3.8) is 0 Å². The average Bonchev–Trinajstić information content (AvgIpc) is 3.05. The van der Waals surface area contributed by atoms with E-state index >= 15 is 0 Å². The Kier molecular flexibility index (Phi) is 3.85. The van der Waals surface area contributed by atoms with Crippen molar-refractivity contribution in [2.45, 2.75) is 38.6 Å². The number of aromatic nitrogens is 1. The second-order valence-corrected chi connectivity index (χ2v) is 8.59. The smallest absolute Gasteiger partial charge is 0.309 e. The molecule has 5 rings (SSSR count). The fraction of sp³-hybridized carbons (Fsp3) is 0.591. The van der Waals surface area contributed by atoms with Gasteiger partial charge in [0.05, 0.1) is 19.1 Å². The largest absolute Gasteiger partial charge is 0.469 e. The van der Waals surface area contributed by atoms with E-state index < -0.39 is 0 Å². The van der Waals surface area contributed by atoms with Crippen LogP contribution < -0.4 is 0 Å². The van der Waals surface area contributed by atoms with Crippen LogP contribution in [-0.2, 0) is 16.0 Å². The molecule has 1 saturated carbocycles. The first-order chi connectivity index (χ1) is 12.7. The summed E-state index contributed by atoms with van der Waals surface area (Å²) in [4.78, 5) is 18.9. The summed E-state index contributed by atoms with van der Waals surface area (Å²) in [6, 6.07) is 9.09. The Morgan fingerprint density at radius 3 is 2.96 bits per heavy atom. The molecule has 26 heavy (non-hydrogen) atoms. The number of nitrogens with zero attached hydrogens (tertiary/aromatic N) is 1. The number of fused-ring (bicyclic) bond motifs is 6. The number of ether oxygens (including phenoxy) is 1. The number of methoxy groups -OCH3 is 1. The van der Waals surface area contributed by atoms with Crippen LogP contribution in [0.2, 0.25) is 0 Å². The number of H-pyrrole nitrogens is 1. The van der Waals surface area contributed by atoms with Gasteiger partial charge < -0.3 is 9.72 Å². The Hall–Kier alpha value is -1.81. The monoisotopic (exact) mass is 352 g/mol. The van der Waals surface area contributed by atoms with Gasteiger partial charge in [-0.05, 0) is 55.1 Å². The van der Waals surface area contributed by atoms with Crippen LogP contribution in [0.1, 0.15) is 43.5 Å². The van der Waals surface area contributed by atoms with Crippen LogP contribution in [0, 0.1) is 23.7 Å². The molecule has 2 aromatic rings. The van der Waals surface area contributed by atoms with E-state index in [0.29, 0.717) is 23.8 Å². The maximum Gasteiger partial charge on any atom is 0.309 e. The number of para-hydroxylation sites is 1. The molecular formula is C22H28N2O2. The standard InChI is InChI=1S/C22H28N2O2/c1-13-7-8-14-12-24-10-9-16-15-5-3-4-6-18(15)23-21(16)19(24)11-17(14)20(13)22(25)26-2/h3-6,13-14,17,19-20,23H,7-12H2,1-2H3/t13-,14+,17-,19-,20-/m1/s1. The van der Waals surface area contributed by atoms with Crippen LogP contribution >= 0.6 is 0 Å². The molecule has 2 fully saturated rings. The van der Waals surface area contributed by atoms with Gasteiger partial charge in [-0.3, -0.25) is 9.69 Å². The number of aromatic amines is 1. The van der Waals surface area contributed by atoms with Crippen molar-refractivity contribution < 1.29 is 9.53 Å². The Labute approximate surface area is 154 Å². The summed E-state index contributed by atoms with van der Waals surface area (Å²) in [6.45, 7) is 4.50. The predicted molar refractivity (Wildman–Crippen MR) is 102 cm³/mol. The van der Waals surface area contributed by atoms with Gasteiger partial charge in [0.2, 0.25) is 0 Å². The van der Waals surface area contributed by atoms with Crippen molar-refractivity contribution in [1.82, 2.24) is 9.88 Å². The zero-order valence-electron chi connectivity index (χ0n) is 15.7. The van der Waals surface area contributed by atoms with Crippen molar-refractivity contribution >= 4 is 16.9 Å². The topological polar surface area (TPSA) is 45.3 Å². The van der Waals surface area contributed by atoms with Gasteiger partial charge in [0.1, 0.15) is 0 Å². The van der Waals surface area contributed by atoms with Crippen molar-refractivity contribution in [3.05, 3.63) is 35.5 Å². The van der Waals surface area contributed by atoms with E-state index in [-0.39, 0.29) is 11.9 Å². The highest BCUT2D eigenvalue weighted by Gasteiger charge is 2.48. The maximum atomic E-state index is 12.5. The third-order valence-corrected chi connectivity index (χ3v) is 7.38. The fourth-order valence-electron chi connectivity index (χ4n) is 6.11. The van der Waals surface area contributed by atoms with E-state index in [4.69, 9.17) is 4.74 Å². The van der Waals surface area contributed by atoms with Gasteiger partial charge in [-0.15, -0.1) is 0 Å². The lowest BCUT2D eigenvalue weighted by Crippen LogP contribution is -2.51. The van der Waals surface area contributed by atoms with E-state index in [1.54, 1.807) is 7.11 Å². The normalized spacial score (nSPS) is 34.0. The van der Waals surface area contributed by atoms with Crippen LogP contribution in [0.15, 0.2) is 24.3 Å². The van der Waals surface area contributed by atoms with E-state index in [1.165, 1.54) is 28.6 Å². The highest BCUT2D eigenvalue weighted by Crippen LogP contribution is 2.50. The highest BCUT2D eigenvalue weighted by atomic mass is 16.5. The molecule has 0 radical (unpaired) electrons. The molecule has 0 amide bonds. The number of benzene rings is 1. The molecule has 0 unspecified atom stereocenters. The van der Waals surface area contributed by atoms with Gasteiger partial charge in [0, 0.05) is 29.7 Å². The van der Waals surface area contributed by atoms with Crippen molar-refractivity contribution in [1.29, 1.82) is 0 Å². The first kappa shape index (κ1) is 16.4. The molecule has 1 saturated heterocycles. The number of rotatable bonds is 1. The summed E-state index contributed by atoms with van der Waals surface area (Å²) >= 11 is 0. The maximum absolute atomic E-state index is 12.5. The molecular weight excluding hydrogens is 324 g/mol. The Bertz CT molecular complexity index is 842. The van der Waals surface area contributed by atoms with Gasteiger partial charge in [-0.25, -0.2) is 0 Å². The summed E-state index contributed by atoms with van der Waals surface area (Å²) in [5, 5.41) is 1.38. The quantitative estimate of drug-likeness (QED) is 0.791. The molecule has 3 aliphatic rings. The van der Waals surface area contributed by atoms with Gasteiger partial charge in [0.25, 0.3) is 0 Å². The number of esters is 1. The highest BCUT2D eigenvalue weighted by molar-refractivity contribution is 5.85. The lowest BCUT2D eigenvalue weighted by molar-refractivity contribution is -0.155. The molecule has 5 atom stereocenters. The molecule has 0 bridgehead atoms. The van der Waals surface area contributed by atoms with E-state index in [9.17, 15) is 4.79 Å². The summed E-state index contributed by atoms with van der Waals surface area (Å²) in [6.07, 6.45) is 4.61. The molecule has 1 aliphatic carbocycles. The SMILES string of the molecule is COC(=O)[C@H]1[C@@H]2C[C@@H]3c4[nH]c5ccccc5c4CCN3C[C@@H]2CC[C@H]1C. The second-order valence-electron chi connectivity index (χ2n) is 8.59. The summed E-state index contributed by atoms with van der Waals surface area (Å²) < 4.78 is 5.20.